The summed E-state index contributed by atoms with van der Waals surface area (Å²) in [6, 6.07) is 13.2. The van der Waals surface area contributed by atoms with Crippen molar-refractivity contribution in [3.63, 3.8) is 0 Å². The molecule has 0 fully saturated rings. The predicted molar refractivity (Wildman–Crippen MR) is 83.4 cm³/mol. The van der Waals surface area contributed by atoms with E-state index in [0.29, 0.717) is 10.6 Å². The van der Waals surface area contributed by atoms with Crippen molar-refractivity contribution in [3.05, 3.63) is 64.7 Å². The first-order valence-corrected chi connectivity index (χ1v) is 7.96. The number of methoxy groups -OCH3 is 1. The number of hydrogen-bond donors (Lipinski definition) is 0. The van der Waals surface area contributed by atoms with Gasteiger partial charge in [0.1, 0.15) is 0 Å². The van der Waals surface area contributed by atoms with Crippen molar-refractivity contribution in [2.24, 2.45) is 4.40 Å². The average Bonchev–Trinajstić information content (AvgIpc) is 2.46. The lowest BCUT2D eigenvalue weighted by Crippen LogP contribution is -2.09. The first-order valence-electron chi connectivity index (χ1n) is 6.14. The largest absolute Gasteiger partial charge is 0.480 e. The zero-order chi connectivity index (χ0) is 15.5. The molecule has 0 aromatic heterocycles. The lowest BCUT2D eigenvalue weighted by Gasteiger charge is -2.07. The number of aryl methyl sites for hydroxylation is 1. The second-order valence-electron chi connectivity index (χ2n) is 4.37. The van der Waals surface area contributed by atoms with Crippen LogP contribution in [0, 0.1) is 6.92 Å². The maximum absolute atomic E-state index is 12.3. The van der Waals surface area contributed by atoms with Gasteiger partial charge < -0.3 is 4.74 Å². The number of halogens is 1. The third-order valence-electron chi connectivity index (χ3n) is 2.82. The molecule has 0 saturated heterocycles. The van der Waals surface area contributed by atoms with Crippen LogP contribution < -0.4 is 0 Å². The van der Waals surface area contributed by atoms with E-state index in [1.165, 1.54) is 19.2 Å². The topological polar surface area (TPSA) is 55.7 Å². The summed E-state index contributed by atoms with van der Waals surface area (Å²) in [6.07, 6.45) is 0. The van der Waals surface area contributed by atoms with Gasteiger partial charge in [-0.15, -0.1) is 4.40 Å². The standard InChI is InChI=1S/C15H14ClNO3S/c1-11-7-9-12(10-8-11)21(18,19)17-15(20-2)13-5-3-4-6-14(13)16/h3-10H,1-2H3/b17-15-. The minimum Gasteiger partial charge on any atom is -0.480 e. The molecule has 110 valence electrons. The highest BCUT2D eigenvalue weighted by molar-refractivity contribution is 7.90. The molecule has 0 aliphatic heterocycles. The summed E-state index contributed by atoms with van der Waals surface area (Å²) in [7, 11) is -2.49. The second kappa shape index (κ2) is 6.28. The number of sulfonamides is 1. The highest BCUT2D eigenvalue weighted by Gasteiger charge is 2.17. The van der Waals surface area contributed by atoms with E-state index < -0.39 is 10.0 Å². The Balaban J connectivity index is 2.49. The minimum absolute atomic E-state index is 0.0406. The molecule has 0 aliphatic carbocycles. The Labute approximate surface area is 129 Å². The normalized spacial score (nSPS) is 12.2. The summed E-state index contributed by atoms with van der Waals surface area (Å²) in [6.45, 7) is 1.88. The second-order valence-corrected chi connectivity index (χ2v) is 6.38. The molecule has 6 heteroatoms. The third kappa shape index (κ3) is 3.62. The molecule has 0 bridgehead atoms. The maximum atomic E-state index is 12.3. The van der Waals surface area contributed by atoms with Crippen LogP contribution in [0.4, 0.5) is 0 Å². The fourth-order valence-electron chi connectivity index (χ4n) is 1.70. The third-order valence-corrected chi connectivity index (χ3v) is 4.42. The molecule has 0 atom stereocenters. The fraction of sp³-hybridized carbons (Fsp3) is 0.133. The van der Waals surface area contributed by atoms with Crippen molar-refractivity contribution in [1.29, 1.82) is 0 Å². The van der Waals surface area contributed by atoms with Crippen LogP contribution in [0.3, 0.4) is 0 Å². The van der Waals surface area contributed by atoms with Gasteiger partial charge in [-0.3, -0.25) is 0 Å². The van der Waals surface area contributed by atoms with Crippen molar-refractivity contribution in [1.82, 2.24) is 0 Å². The summed E-state index contributed by atoms with van der Waals surface area (Å²) in [5.74, 6) is -0.0406. The van der Waals surface area contributed by atoms with E-state index in [9.17, 15) is 8.42 Å². The summed E-state index contributed by atoms with van der Waals surface area (Å²) < 4.78 is 33.4. The van der Waals surface area contributed by atoms with Gasteiger partial charge in [-0.2, -0.15) is 8.42 Å². The highest BCUT2D eigenvalue weighted by Crippen LogP contribution is 2.19. The smallest absolute Gasteiger partial charge is 0.285 e. The summed E-state index contributed by atoms with van der Waals surface area (Å²) in [4.78, 5) is 0.106. The van der Waals surface area contributed by atoms with Crippen LogP contribution >= 0.6 is 11.6 Å². The molecule has 0 radical (unpaired) electrons. The van der Waals surface area contributed by atoms with Gasteiger partial charge in [0.15, 0.2) is 0 Å². The number of ether oxygens (including phenoxy) is 1. The molecule has 0 saturated carbocycles. The predicted octanol–water partition coefficient (Wildman–Crippen LogP) is 3.43. The SMILES string of the molecule is CO/C(=N\S(=O)(=O)c1ccc(C)cc1)c1ccccc1Cl. The van der Waals surface area contributed by atoms with Crippen LogP contribution in [0.1, 0.15) is 11.1 Å². The Hall–Kier alpha value is -1.85. The lowest BCUT2D eigenvalue weighted by molar-refractivity contribution is 0.405. The maximum Gasteiger partial charge on any atom is 0.285 e. The molecular weight excluding hydrogens is 310 g/mol. The van der Waals surface area contributed by atoms with Gasteiger partial charge in [0.25, 0.3) is 10.0 Å². The highest BCUT2D eigenvalue weighted by atomic mass is 35.5. The molecule has 2 aromatic carbocycles. The van der Waals surface area contributed by atoms with Crippen LogP contribution in [-0.4, -0.2) is 21.4 Å². The fourth-order valence-corrected chi connectivity index (χ4v) is 2.90. The van der Waals surface area contributed by atoms with Gasteiger partial charge in [0.05, 0.1) is 22.6 Å². The Morgan fingerprint density at radius 1 is 1.10 bits per heavy atom. The van der Waals surface area contributed by atoms with E-state index in [-0.39, 0.29) is 10.8 Å². The van der Waals surface area contributed by atoms with Gasteiger partial charge in [0, 0.05) is 0 Å². The monoisotopic (exact) mass is 323 g/mol. The number of benzene rings is 2. The van der Waals surface area contributed by atoms with Crippen LogP contribution in [0.25, 0.3) is 0 Å². The first-order chi connectivity index (χ1) is 9.94. The Bertz CT molecular complexity index is 768. The zero-order valence-electron chi connectivity index (χ0n) is 11.6. The molecule has 0 unspecified atom stereocenters. The van der Waals surface area contributed by atoms with Crippen molar-refractivity contribution in [2.75, 3.05) is 7.11 Å². The number of hydrogen-bond acceptors (Lipinski definition) is 3. The van der Waals surface area contributed by atoms with E-state index in [0.717, 1.165) is 5.56 Å². The Morgan fingerprint density at radius 3 is 2.29 bits per heavy atom. The van der Waals surface area contributed by atoms with Gasteiger partial charge in [-0.1, -0.05) is 41.4 Å². The molecule has 0 N–H and O–H groups in total. The molecule has 0 aliphatic rings. The molecule has 2 rings (SSSR count). The van der Waals surface area contributed by atoms with Gasteiger partial charge >= 0.3 is 0 Å². The van der Waals surface area contributed by atoms with Crippen LogP contribution in [0.15, 0.2) is 57.8 Å². The number of nitrogens with zero attached hydrogens (tertiary/aromatic N) is 1. The van der Waals surface area contributed by atoms with Gasteiger partial charge in [-0.05, 0) is 31.2 Å². The van der Waals surface area contributed by atoms with Crippen LogP contribution in [0.2, 0.25) is 5.02 Å². The quantitative estimate of drug-likeness (QED) is 0.642. The van der Waals surface area contributed by atoms with Crippen LogP contribution in [0.5, 0.6) is 0 Å². The average molecular weight is 324 g/mol. The van der Waals surface area contributed by atoms with Crippen molar-refractivity contribution >= 4 is 27.5 Å². The molecule has 2 aromatic rings. The molecule has 4 nitrogen and oxygen atoms in total. The van der Waals surface area contributed by atoms with E-state index >= 15 is 0 Å². The molecular formula is C15H14ClNO3S. The Morgan fingerprint density at radius 2 is 1.71 bits per heavy atom. The van der Waals surface area contributed by atoms with E-state index in [1.54, 1.807) is 36.4 Å². The lowest BCUT2D eigenvalue weighted by atomic mass is 10.2. The molecule has 0 heterocycles. The van der Waals surface area contributed by atoms with Crippen molar-refractivity contribution in [3.8, 4) is 0 Å². The molecule has 0 spiro atoms. The van der Waals surface area contributed by atoms with Gasteiger partial charge in [0.2, 0.25) is 5.90 Å². The van der Waals surface area contributed by atoms with Gasteiger partial charge in [-0.25, -0.2) is 0 Å². The minimum atomic E-state index is -3.85. The number of rotatable bonds is 3. The van der Waals surface area contributed by atoms with E-state index in [2.05, 4.69) is 4.40 Å². The van der Waals surface area contributed by atoms with E-state index in [4.69, 9.17) is 16.3 Å². The summed E-state index contributed by atoms with van der Waals surface area (Å²) >= 11 is 6.04. The van der Waals surface area contributed by atoms with Crippen molar-refractivity contribution < 1.29 is 13.2 Å². The van der Waals surface area contributed by atoms with Crippen molar-refractivity contribution in [2.45, 2.75) is 11.8 Å². The first kappa shape index (κ1) is 15.5. The Kier molecular flexibility index (Phi) is 4.65. The molecule has 0 amide bonds. The summed E-state index contributed by atoms with van der Waals surface area (Å²) in [5, 5.41) is 0.372. The zero-order valence-corrected chi connectivity index (χ0v) is 13.1. The van der Waals surface area contributed by atoms with E-state index in [1.807, 2.05) is 6.92 Å². The summed E-state index contributed by atoms with van der Waals surface area (Å²) in [5.41, 5.74) is 1.40. The molecule has 21 heavy (non-hydrogen) atoms. The van der Waals surface area contributed by atoms with Crippen LogP contribution in [-0.2, 0) is 14.8 Å².